The summed E-state index contributed by atoms with van der Waals surface area (Å²) in [6, 6.07) is 2.59. The van der Waals surface area contributed by atoms with Crippen LogP contribution in [0.1, 0.15) is 0 Å². The molecule has 0 aliphatic carbocycles. The second kappa shape index (κ2) is 6.59. The lowest BCUT2D eigenvalue weighted by molar-refractivity contribution is 1.47. The first-order chi connectivity index (χ1) is 9.12. The van der Waals surface area contributed by atoms with Gasteiger partial charge in [0, 0.05) is 36.5 Å². The van der Waals surface area contributed by atoms with Crippen molar-refractivity contribution in [1.29, 1.82) is 0 Å². The second-order valence-electron chi connectivity index (χ2n) is 9.67. The fourth-order valence-electron chi connectivity index (χ4n) is 3.70. The number of rotatable bonds is 8. The number of hydrogen-bond acceptors (Lipinski definition) is 0. The molecule has 0 rings (SSSR count). The lowest BCUT2D eigenvalue weighted by Gasteiger charge is -2.59. The van der Waals surface area contributed by atoms with Gasteiger partial charge in [0.15, 0.2) is 0 Å². The first kappa shape index (κ1) is 21.6. The van der Waals surface area contributed by atoms with Crippen molar-refractivity contribution < 1.29 is 0 Å². The van der Waals surface area contributed by atoms with Crippen molar-refractivity contribution in [3.8, 4) is 0 Å². The average molecular weight is 373 g/mol. The molecule has 5 heteroatoms. The monoisotopic (exact) mass is 372 g/mol. The second-order valence-corrected chi connectivity index (χ2v) is 63.0. The SMILES string of the molecule is C=CC[Si](C)(CC=C)[Si](C)(C)[Si](C)(C)[Si](C)(C)[Si](C)(C)C. The average Bonchev–Trinajstić information content (AvgIpc) is 2.27. The normalized spacial score (nSPS) is 15.0. The molecule has 0 aliphatic rings. The van der Waals surface area contributed by atoms with Crippen molar-refractivity contribution in [2.24, 2.45) is 0 Å². The molecule has 0 fully saturated rings. The van der Waals surface area contributed by atoms with Gasteiger partial charge in [-0.25, -0.2) is 0 Å². The van der Waals surface area contributed by atoms with Crippen LogP contribution in [-0.4, -0.2) is 36.5 Å². The van der Waals surface area contributed by atoms with Crippen molar-refractivity contribution in [2.45, 2.75) is 77.6 Å². The summed E-state index contributed by atoms with van der Waals surface area (Å²) in [4.78, 5) is 0. The fourth-order valence-corrected chi connectivity index (χ4v) is 115. The smallest absolute Gasteiger partial charge is 0.0488 e. The first-order valence-electron chi connectivity index (χ1n) is 8.34. The van der Waals surface area contributed by atoms with Gasteiger partial charge in [0.1, 0.15) is 0 Å². The molecule has 0 N–H and O–H groups in total. The maximum Gasteiger partial charge on any atom is 0.0488 e. The Morgan fingerprint density at radius 3 is 1.14 bits per heavy atom. The Hall–Kier alpha value is 0.564. The van der Waals surface area contributed by atoms with E-state index in [0.717, 1.165) is 0 Å². The van der Waals surface area contributed by atoms with Gasteiger partial charge >= 0.3 is 0 Å². The predicted octanol–water partition coefficient (Wildman–Crippen LogP) is 6.21. The van der Waals surface area contributed by atoms with E-state index in [2.05, 4.69) is 90.8 Å². The maximum atomic E-state index is 4.09. The summed E-state index contributed by atoms with van der Waals surface area (Å²) in [6.07, 6.45) is 4.44. The minimum Gasteiger partial charge on any atom is -0.103 e. The van der Waals surface area contributed by atoms with Gasteiger partial charge in [-0.05, 0) is 12.1 Å². The Labute approximate surface area is 139 Å². The standard InChI is InChI=1S/C16H40Si5/c1-13-15-21(12,16-14-2)20(10,11)19(8,9)18(6,7)17(3,4)5/h13-14H,1-2,15-16H2,3-12H3. The molecule has 0 radical (unpaired) electrons. The summed E-state index contributed by atoms with van der Waals surface area (Å²) in [7, 11) is -5.90. The van der Waals surface area contributed by atoms with E-state index in [1.165, 1.54) is 12.1 Å². The summed E-state index contributed by atoms with van der Waals surface area (Å²) >= 11 is 0. The van der Waals surface area contributed by atoms with E-state index in [-0.39, 0.29) is 0 Å². The zero-order valence-corrected chi connectivity index (χ0v) is 21.5. The zero-order valence-electron chi connectivity index (χ0n) is 16.5. The summed E-state index contributed by atoms with van der Waals surface area (Å²) in [5.41, 5.74) is 0. The van der Waals surface area contributed by atoms with Crippen molar-refractivity contribution in [3.05, 3.63) is 25.3 Å². The zero-order chi connectivity index (χ0) is 17.3. The van der Waals surface area contributed by atoms with Crippen LogP contribution in [0.4, 0.5) is 0 Å². The minimum absolute atomic E-state index is 1.05. The van der Waals surface area contributed by atoms with E-state index in [9.17, 15) is 0 Å². The van der Waals surface area contributed by atoms with Gasteiger partial charge in [-0.15, -0.1) is 13.2 Å². The molecule has 0 saturated heterocycles. The van der Waals surface area contributed by atoms with E-state index < -0.39 is 36.5 Å². The minimum atomic E-state index is -1.28. The molecule has 0 aromatic carbocycles. The Kier molecular flexibility index (Phi) is 6.77. The first-order valence-corrected chi connectivity index (χ1v) is 27.8. The quantitative estimate of drug-likeness (QED) is 0.350. The maximum absolute atomic E-state index is 4.09. The van der Waals surface area contributed by atoms with Crippen LogP contribution in [-0.2, 0) is 0 Å². The number of hydrogen-bond donors (Lipinski definition) is 0. The molecule has 0 spiro atoms. The summed E-state index contributed by atoms with van der Waals surface area (Å²) in [5, 5.41) is 0. The largest absolute Gasteiger partial charge is 0.103 e. The van der Waals surface area contributed by atoms with Crippen LogP contribution in [0.15, 0.2) is 25.3 Å². The predicted molar refractivity (Wildman–Crippen MR) is 117 cm³/mol. The van der Waals surface area contributed by atoms with Gasteiger partial charge in [0.05, 0.1) is 0 Å². The Bertz CT molecular complexity index is 378. The van der Waals surface area contributed by atoms with E-state index in [4.69, 9.17) is 0 Å². The molecule has 21 heavy (non-hydrogen) atoms. The highest BCUT2D eigenvalue weighted by Crippen LogP contribution is 2.41. The van der Waals surface area contributed by atoms with Crippen LogP contribution in [0.5, 0.6) is 0 Å². The van der Waals surface area contributed by atoms with E-state index in [0.29, 0.717) is 0 Å². The molecule has 0 unspecified atom stereocenters. The molecule has 0 aromatic rings. The Morgan fingerprint density at radius 1 is 0.571 bits per heavy atom. The van der Waals surface area contributed by atoms with Crippen LogP contribution in [0.2, 0.25) is 77.6 Å². The molecule has 0 atom stereocenters. The topological polar surface area (TPSA) is 0 Å². The molecule has 0 amide bonds. The third-order valence-corrected chi connectivity index (χ3v) is 103. The highest BCUT2D eigenvalue weighted by Gasteiger charge is 2.62. The molecule has 0 aromatic heterocycles. The molecule has 0 aliphatic heterocycles. The molecule has 0 heterocycles. The Balaban J connectivity index is 6.06. The molecule has 0 nitrogen and oxygen atoms in total. The van der Waals surface area contributed by atoms with Crippen molar-refractivity contribution >= 4 is 36.5 Å². The van der Waals surface area contributed by atoms with E-state index >= 15 is 0 Å². The van der Waals surface area contributed by atoms with E-state index in [1.807, 2.05) is 0 Å². The van der Waals surface area contributed by atoms with Crippen molar-refractivity contribution in [2.75, 3.05) is 0 Å². The van der Waals surface area contributed by atoms with Crippen LogP contribution < -0.4 is 0 Å². The molecule has 0 saturated carbocycles. The fraction of sp³-hybridized carbons (Fsp3) is 0.750. The van der Waals surface area contributed by atoms with Gasteiger partial charge in [0.2, 0.25) is 0 Å². The molecular formula is C16H40Si5. The molecule has 124 valence electrons. The number of allylic oxidation sites excluding steroid dienone is 2. The summed E-state index contributed by atoms with van der Waals surface area (Å²) in [5.74, 6) is 0. The lowest BCUT2D eigenvalue weighted by Crippen LogP contribution is -2.84. The van der Waals surface area contributed by atoms with Gasteiger partial charge in [-0.3, -0.25) is 0 Å². The van der Waals surface area contributed by atoms with E-state index in [1.54, 1.807) is 0 Å². The van der Waals surface area contributed by atoms with Gasteiger partial charge < -0.3 is 0 Å². The molecular weight excluding hydrogens is 333 g/mol. The van der Waals surface area contributed by atoms with Crippen molar-refractivity contribution in [3.63, 3.8) is 0 Å². The third-order valence-electron chi connectivity index (χ3n) is 7.70. The third kappa shape index (κ3) is 3.57. The highest BCUT2D eigenvalue weighted by molar-refractivity contribution is 7.91. The van der Waals surface area contributed by atoms with Crippen LogP contribution in [0.25, 0.3) is 0 Å². The van der Waals surface area contributed by atoms with Crippen LogP contribution in [0.3, 0.4) is 0 Å². The Morgan fingerprint density at radius 2 is 0.905 bits per heavy atom. The van der Waals surface area contributed by atoms with Crippen LogP contribution >= 0.6 is 0 Å². The molecule has 0 bridgehead atoms. The lowest BCUT2D eigenvalue weighted by atomic mass is 10.7. The highest BCUT2D eigenvalue weighted by atomic mass is 29.9. The van der Waals surface area contributed by atoms with Gasteiger partial charge in [0.25, 0.3) is 0 Å². The summed E-state index contributed by atoms with van der Waals surface area (Å²) in [6.45, 7) is 35.3. The summed E-state index contributed by atoms with van der Waals surface area (Å²) < 4.78 is 0. The van der Waals surface area contributed by atoms with Crippen LogP contribution in [0, 0.1) is 0 Å². The van der Waals surface area contributed by atoms with Crippen molar-refractivity contribution in [1.82, 2.24) is 0 Å². The van der Waals surface area contributed by atoms with Gasteiger partial charge in [-0.1, -0.05) is 77.6 Å². The van der Waals surface area contributed by atoms with Gasteiger partial charge in [-0.2, -0.15) is 0 Å².